The molecule has 1 aliphatic carbocycles. The molecule has 1 amide bonds. The third-order valence-electron chi connectivity index (χ3n) is 2.65. The Morgan fingerprint density at radius 3 is 2.60 bits per heavy atom. The molecule has 0 bridgehead atoms. The van der Waals surface area contributed by atoms with Crippen LogP contribution in [0.5, 0.6) is 0 Å². The molecule has 86 valence electrons. The van der Waals surface area contributed by atoms with E-state index < -0.39 is 0 Å². The largest absolute Gasteiger partial charge is 0.466 e. The van der Waals surface area contributed by atoms with Crippen molar-refractivity contribution in [1.29, 1.82) is 0 Å². The zero-order valence-corrected chi connectivity index (χ0v) is 9.04. The molecule has 0 heterocycles. The van der Waals surface area contributed by atoms with Gasteiger partial charge in [0.05, 0.1) is 18.4 Å². The molecule has 5 heteroatoms. The molecule has 0 aromatic carbocycles. The quantitative estimate of drug-likeness (QED) is 0.600. The molecule has 3 N–H and O–H groups in total. The minimum atomic E-state index is -0.339. The van der Waals surface area contributed by atoms with Gasteiger partial charge in [-0.15, -0.1) is 0 Å². The summed E-state index contributed by atoms with van der Waals surface area (Å²) in [5.74, 6) is -0.315. The Labute approximate surface area is 89.3 Å². The zero-order valence-electron chi connectivity index (χ0n) is 9.04. The van der Waals surface area contributed by atoms with E-state index in [1.165, 1.54) is 0 Å². The number of ether oxygens (including phenoxy) is 1. The predicted octanol–water partition coefficient (Wildman–Crippen LogP) is -0.205. The van der Waals surface area contributed by atoms with E-state index in [-0.39, 0.29) is 23.7 Å². The van der Waals surface area contributed by atoms with Gasteiger partial charge in [0.25, 0.3) is 0 Å². The number of amides is 1. The van der Waals surface area contributed by atoms with E-state index in [2.05, 4.69) is 5.32 Å². The lowest BCUT2D eigenvalue weighted by atomic mass is 10.1. The van der Waals surface area contributed by atoms with Crippen LogP contribution in [0.1, 0.15) is 26.2 Å². The van der Waals surface area contributed by atoms with Gasteiger partial charge in [0.15, 0.2) is 0 Å². The second kappa shape index (κ2) is 5.11. The Morgan fingerprint density at radius 2 is 2.13 bits per heavy atom. The van der Waals surface area contributed by atoms with E-state index in [9.17, 15) is 9.59 Å². The number of nitrogens with one attached hydrogen (secondary N) is 1. The molecular formula is C10H18N2O3. The van der Waals surface area contributed by atoms with Crippen molar-refractivity contribution in [3.05, 3.63) is 0 Å². The van der Waals surface area contributed by atoms with E-state index in [0.29, 0.717) is 19.7 Å². The van der Waals surface area contributed by atoms with Gasteiger partial charge in [0.1, 0.15) is 0 Å². The molecule has 0 aliphatic heterocycles. The molecule has 15 heavy (non-hydrogen) atoms. The fourth-order valence-corrected chi connectivity index (χ4v) is 1.37. The average Bonchev–Trinajstić information content (AvgIpc) is 2.98. The summed E-state index contributed by atoms with van der Waals surface area (Å²) in [6.07, 6.45) is 1.93. The lowest BCUT2D eigenvalue weighted by Crippen LogP contribution is -2.37. The van der Waals surface area contributed by atoms with E-state index in [1.807, 2.05) is 0 Å². The van der Waals surface area contributed by atoms with Crippen LogP contribution in [-0.4, -0.2) is 31.6 Å². The molecular weight excluding hydrogens is 196 g/mol. The van der Waals surface area contributed by atoms with Crippen LogP contribution in [0.4, 0.5) is 0 Å². The fourth-order valence-electron chi connectivity index (χ4n) is 1.37. The number of hydrogen-bond acceptors (Lipinski definition) is 4. The average molecular weight is 214 g/mol. The van der Waals surface area contributed by atoms with E-state index in [4.69, 9.17) is 10.5 Å². The molecule has 5 nitrogen and oxygen atoms in total. The topological polar surface area (TPSA) is 81.4 Å². The van der Waals surface area contributed by atoms with Crippen molar-refractivity contribution in [1.82, 2.24) is 5.32 Å². The van der Waals surface area contributed by atoms with Crippen LogP contribution >= 0.6 is 0 Å². The highest BCUT2D eigenvalue weighted by Crippen LogP contribution is 2.44. The summed E-state index contributed by atoms with van der Waals surface area (Å²) >= 11 is 0. The van der Waals surface area contributed by atoms with Gasteiger partial charge in [-0.1, -0.05) is 0 Å². The summed E-state index contributed by atoms with van der Waals surface area (Å²) < 4.78 is 4.74. The highest BCUT2D eigenvalue weighted by atomic mass is 16.5. The van der Waals surface area contributed by atoms with Crippen molar-refractivity contribution < 1.29 is 14.3 Å². The summed E-state index contributed by atoms with van der Waals surface area (Å²) in [4.78, 5) is 22.5. The maximum atomic E-state index is 11.6. The molecule has 0 unspecified atom stereocenters. The summed E-state index contributed by atoms with van der Waals surface area (Å²) in [5.41, 5.74) is 5.16. The minimum Gasteiger partial charge on any atom is -0.466 e. The van der Waals surface area contributed by atoms with Crippen molar-refractivity contribution in [2.45, 2.75) is 26.2 Å². The Hall–Kier alpha value is -1.10. The predicted molar refractivity (Wildman–Crippen MR) is 55.0 cm³/mol. The number of nitrogens with two attached hydrogens (primary N) is 1. The first-order chi connectivity index (χ1) is 7.14. The molecule has 1 aliphatic rings. The Bertz CT molecular complexity index is 249. The third kappa shape index (κ3) is 3.20. The Morgan fingerprint density at radius 1 is 1.47 bits per heavy atom. The highest BCUT2D eigenvalue weighted by molar-refractivity contribution is 5.85. The van der Waals surface area contributed by atoms with Crippen LogP contribution in [0.15, 0.2) is 0 Å². The van der Waals surface area contributed by atoms with Crippen molar-refractivity contribution >= 4 is 11.9 Å². The van der Waals surface area contributed by atoms with Gasteiger partial charge < -0.3 is 15.8 Å². The summed E-state index contributed by atoms with van der Waals surface area (Å²) in [6.45, 7) is 2.85. The van der Waals surface area contributed by atoms with E-state index in [1.54, 1.807) is 6.92 Å². The van der Waals surface area contributed by atoms with Crippen LogP contribution in [0.2, 0.25) is 0 Å². The van der Waals surface area contributed by atoms with Crippen molar-refractivity contribution in [3.8, 4) is 0 Å². The van der Waals surface area contributed by atoms with Crippen LogP contribution in [0.25, 0.3) is 0 Å². The third-order valence-corrected chi connectivity index (χ3v) is 2.65. The van der Waals surface area contributed by atoms with Crippen LogP contribution < -0.4 is 11.1 Å². The number of rotatable bonds is 6. The fraction of sp³-hybridized carbons (Fsp3) is 0.800. The van der Waals surface area contributed by atoms with Crippen molar-refractivity contribution in [2.75, 3.05) is 19.7 Å². The van der Waals surface area contributed by atoms with Crippen molar-refractivity contribution in [3.63, 3.8) is 0 Å². The van der Waals surface area contributed by atoms with Crippen molar-refractivity contribution in [2.24, 2.45) is 11.1 Å². The SMILES string of the molecule is CCOC(=O)CCNC(=O)C1(CN)CC1. The van der Waals surface area contributed by atoms with Crippen LogP contribution in [-0.2, 0) is 14.3 Å². The van der Waals surface area contributed by atoms with Gasteiger partial charge in [-0.25, -0.2) is 0 Å². The van der Waals surface area contributed by atoms with Gasteiger partial charge in [0.2, 0.25) is 5.91 Å². The van der Waals surface area contributed by atoms with Gasteiger partial charge in [-0.3, -0.25) is 9.59 Å². The molecule has 1 saturated carbocycles. The molecule has 0 atom stereocenters. The second-order valence-electron chi connectivity index (χ2n) is 3.80. The molecule has 0 radical (unpaired) electrons. The van der Waals surface area contributed by atoms with E-state index >= 15 is 0 Å². The molecule has 1 fully saturated rings. The molecule has 0 saturated heterocycles. The van der Waals surface area contributed by atoms with Crippen LogP contribution in [0.3, 0.4) is 0 Å². The van der Waals surface area contributed by atoms with Gasteiger partial charge in [-0.05, 0) is 19.8 Å². The summed E-state index contributed by atoms with van der Waals surface area (Å²) in [5, 5.41) is 2.71. The highest BCUT2D eigenvalue weighted by Gasteiger charge is 2.48. The first kappa shape index (κ1) is 12.0. The number of carbonyl (C=O) groups excluding carboxylic acids is 2. The Kier molecular flexibility index (Phi) is 4.08. The lowest BCUT2D eigenvalue weighted by molar-refractivity contribution is -0.143. The smallest absolute Gasteiger partial charge is 0.307 e. The zero-order chi connectivity index (χ0) is 11.3. The van der Waals surface area contributed by atoms with Gasteiger partial charge in [-0.2, -0.15) is 0 Å². The standard InChI is InChI=1S/C10H18N2O3/c1-2-15-8(13)3-6-12-9(14)10(7-11)4-5-10/h2-7,11H2,1H3,(H,12,14). The first-order valence-electron chi connectivity index (χ1n) is 5.28. The first-order valence-corrected chi connectivity index (χ1v) is 5.28. The van der Waals surface area contributed by atoms with Gasteiger partial charge >= 0.3 is 5.97 Å². The molecule has 1 rings (SSSR count). The number of carbonyl (C=O) groups is 2. The minimum absolute atomic E-state index is 0.0331. The van der Waals surface area contributed by atoms with E-state index in [0.717, 1.165) is 12.8 Å². The summed E-state index contributed by atoms with van der Waals surface area (Å²) in [7, 11) is 0. The maximum absolute atomic E-state index is 11.6. The number of hydrogen-bond donors (Lipinski definition) is 2. The maximum Gasteiger partial charge on any atom is 0.307 e. The van der Waals surface area contributed by atoms with Crippen LogP contribution in [0, 0.1) is 5.41 Å². The lowest BCUT2D eigenvalue weighted by Gasteiger charge is -2.12. The summed E-state index contributed by atoms with van der Waals surface area (Å²) in [6, 6.07) is 0. The second-order valence-corrected chi connectivity index (χ2v) is 3.80. The normalized spacial score (nSPS) is 16.9. The van der Waals surface area contributed by atoms with Gasteiger partial charge in [0, 0.05) is 13.1 Å². The molecule has 0 aromatic heterocycles. The Balaban J connectivity index is 2.15. The molecule has 0 spiro atoms. The molecule has 0 aromatic rings. The monoisotopic (exact) mass is 214 g/mol. The number of esters is 1.